The molecule has 0 radical (unpaired) electrons. The molecular weight excluding hydrogens is 216 g/mol. The number of methoxy groups -OCH3 is 1. The summed E-state index contributed by atoms with van der Waals surface area (Å²) in [4.78, 5) is 13.8. The van der Waals surface area contributed by atoms with Crippen LogP contribution in [0.4, 0.5) is 0 Å². The predicted octanol–water partition coefficient (Wildman–Crippen LogP) is 1.39. The van der Waals surface area contributed by atoms with Crippen LogP contribution in [-0.4, -0.2) is 43.2 Å². The van der Waals surface area contributed by atoms with Crippen LogP contribution in [-0.2, 0) is 9.53 Å². The first-order chi connectivity index (χ1) is 7.99. The van der Waals surface area contributed by atoms with Crippen LogP contribution in [0.5, 0.6) is 0 Å². The van der Waals surface area contributed by atoms with Crippen LogP contribution >= 0.6 is 0 Å². The average Bonchev–Trinajstić information content (AvgIpc) is 2.52. The summed E-state index contributed by atoms with van der Waals surface area (Å²) < 4.78 is 4.74. The van der Waals surface area contributed by atoms with Gasteiger partial charge in [-0.3, -0.25) is 4.79 Å². The number of carbonyl (C=O) groups is 1. The molecule has 0 aliphatic carbocycles. The van der Waals surface area contributed by atoms with Gasteiger partial charge in [-0.2, -0.15) is 0 Å². The molecular formula is C13H26N2O2. The van der Waals surface area contributed by atoms with Crippen LogP contribution in [0, 0.1) is 5.92 Å². The van der Waals surface area contributed by atoms with Crippen molar-refractivity contribution < 1.29 is 9.53 Å². The van der Waals surface area contributed by atoms with E-state index in [4.69, 9.17) is 10.5 Å². The van der Waals surface area contributed by atoms with E-state index in [0.29, 0.717) is 6.54 Å². The molecule has 1 aliphatic heterocycles. The summed E-state index contributed by atoms with van der Waals surface area (Å²) in [6.45, 7) is 6.68. The van der Waals surface area contributed by atoms with E-state index in [-0.39, 0.29) is 5.97 Å². The summed E-state index contributed by atoms with van der Waals surface area (Å²) in [6, 6.07) is 0. The standard InChI is InChI=1S/C13H26N2O2/c1-4-11-6-5-8-15(9-7-11)10-13(2,14)12(16)17-3/h11H,4-10,14H2,1-3H3. The predicted molar refractivity (Wildman–Crippen MR) is 68.7 cm³/mol. The van der Waals surface area contributed by atoms with Crippen molar-refractivity contribution in [3.05, 3.63) is 0 Å². The maximum absolute atomic E-state index is 11.5. The number of likely N-dealkylation sites (tertiary alicyclic amines) is 1. The van der Waals surface area contributed by atoms with Crippen molar-refractivity contribution in [2.75, 3.05) is 26.7 Å². The SMILES string of the molecule is CCC1CCCN(CC(C)(N)C(=O)OC)CC1. The first-order valence-electron chi connectivity index (χ1n) is 6.59. The maximum atomic E-state index is 11.5. The minimum Gasteiger partial charge on any atom is -0.468 e. The summed E-state index contributed by atoms with van der Waals surface area (Å²) >= 11 is 0. The fourth-order valence-electron chi connectivity index (χ4n) is 2.55. The van der Waals surface area contributed by atoms with Crippen molar-refractivity contribution in [3.8, 4) is 0 Å². The lowest BCUT2D eigenvalue weighted by Gasteiger charge is -2.29. The molecule has 1 heterocycles. The first-order valence-corrected chi connectivity index (χ1v) is 6.59. The lowest BCUT2D eigenvalue weighted by atomic mass is 9.98. The number of hydrogen-bond donors (Lipinski definition) is 1. The molecule has 0 aromatic heterocycles. The zero-order chi connectivity index (χ0) is 12.9. The van der Waals surface area contributed by atoms with Gasteiger partial charge in [-0.05, 0) is 45.2 Å². The van der Waals surface area contributed by atoms with Crippen molar-refractivity contribution >= 4 is 5.97 Å². The van der Waals surface area contributed by atoms with Gasteiger partial charge in [0, 0.05) is 6.54 Å². The van der Waals surface area contributed by atoms with Crippen molar-refractivity contribution in [3.63, 3.8) is 0 Å². The van der Waals surface area contributed by atoms with Gasteiger partial charge in [-0.15, -0.1) is 0 Å². The lowest BCUT2D eigenvalue weighted by Crippen LogP contribution is -2.54. The average molecular weight is 242 g/mol. The van der Waals surface area contributed by atoms with Gasteiger partial charge in [-0.25, -0.2) is 0 Å². The van der Waals surface area contributed by atoms with Gasteiger partial charge in [0.2, 0.25) is 0 Å². The van der Waals surface area contributed by atoms with Crippen LogP contribution in [0.15, 0.2) is 0 Å². The number of ether oxygens (including phenoxy) is 1. The molecule has 100 valence electrons. The van der Waals surface area contributed by atoms with E-state index in [1.807, 2.05) is 0 Å². The topological polar surface area (TPSA) is 55.6 Å². The molecule has 0 saturated carbocycles. The third kappa shape index (κ3) is 4.28. The molecule has 2 unspecified atom stereocenters. The van der Waals surface area contributed by atoms with Gasteiger partial charge in [0.15, 0.2) is 0 Å². The van der Waals surface area contributed by atoms with Crippen LogP contribution in [0.25, 0.3) is 0 Å². The van der Waals surface area contributed by atoms with E-state index < -0.39 is 5.54 Å². The Kier molecular flexibility index (Phi) is 5.40. The Bertz CT molecular complexity index is 254. The molecule has 1 fully saturated rings. The van der Waals surface area contributed by atoms with E-state index >= 15 is 0 Å². The summed E-state index contributed by atoms with van der Waals surface area (Å²) in [6.07, 6.45) is 4.97. The van der Waals surface area contributed by atoms with Crippen molar-refractivity contribution in [2.45, 2.75) is 45.1 Å². The summed E-state index contributed by atoms with van der Waals surface area (Å²) in [7, 11) is 1.39. The van der Waals surface area contributed by atoms with E-state index in [9.17, 15) is 4.79 Å². The van der Waals surface area contributed by atoms with Crippen LogP contribution in [0.2, 0.25) is 0 Å². The number of nitrogens with two attached hydrogens (primary N) is 1. The van der Waals surface area contributed by atoms with Gasteiger partial charge < -0.3 is 15.4 Å². The second-order valence-electron chi connectivity index (χ2n) is 5.39. The highest BCUT2D eigenvalue weighted by molar-refractivity contribution is 5.80. The molecule has 0 bridgehead atoms. The van der Waals surface area contributed by atoms with Crippen molar-refractivity contribution in [1.82, 2.24) is 4.90 Å². The van der Waals surface area contributed by atoms with Gasteiger partial charge >= 0.3 is 5.97 Å². The zero-order valence-electron chi connectivity index (χ0n) is 11.4. The minimum atomic E-state index is -0.888. The quantitative estimate of drug-likeness (QED) is 0.757. The number of rotatable bonds is 4. The second kappa shape index (κ2) is 6.36. The molecule has 2 N–H and O–H groups in total. The van der Waals surface area contributed by atoms with Gasteiger partial charge in [-0.1, -0.05) is 13.3 Å². The highest BCUT2D eigenvalue weighted by Crippen LogP contribution is 2.21. The van der Waals surface area contributed by atoms with Crippen LogP contribution in [0.3, 0.4) is 0 Å². The van der Waals surface area contributed by atoms with Gasteiger partial charge in [0.1, 0.15) is 5.54 Å². The monoisotopic (exact) mass is 242 g/mol. The molecule has 1 rings (SSSR count). The van der Waals surface area contributed by atoms with Gasteiger partial charge in [0.25, 0.3) is 0 Å². The van der Waals surface area contributed by atoms with Gasteiger partial charge in [0.05, 0.1) is 7.11 Å². The van der Waals surface area contributed by atoms with Crippen molar-refractivity contribution in [1.29, 1.82) is 0 Å². The van der Waals surface area contributed by atoms with Crippen molar-refractivity contribution in [2.24, 2.45) is 11.7 Å². The molecule has 0 spiro atoms. The minimum absolute atomic E-state index is 0.325. The number of esters is 1. The molecule has 2 atom stereocenters. The Morgan fingerprint density at radius 1 is 1.47 bits per heavy atom. The lowest BCUT2D eigenvalue weighted by molar-refractivity contribution is -0.147. The van der Waals surface area contributed by atoms with E-state index in [1.54, 1.807) is 6.92 Å². The largest absolute Gasteiger partial charge is 0.468 e. The third-order valence-corrected chi connectivity index (χ3v) is 3.72. The third-order valence-electron chi connectivity index (χ3n) is 3.72. The van der Waals surface area contributed by atoms with E-state index in [0.717, 1.165) is 19.0 Å². The second-order valence-corrected chi connectivity index (χ2v) is 5.39. The fraction of sp³-hybridized carbons (Fsp3) is 0.923. The number of nitrogens with zero attached hydrogens (tertiary/aromatic N) is 1. The van der Waals surface area contributed by atoms with E-state index in [1.165, 1.54) is 32.8 Å². The van der Waals surface area contributed by atoms with E-state index in [2.05, 4.69) is 11.8 Å². The molecule has 4 nitrogen and oxygen atoms in total. The normalized spacial score (nSPS) is 26.0. The molecule has 1 saturated heterocycles. The molecule has 1 aliphatic rings. The van der Waals surface area contributed by atoms with Crippen LogP contribution in [0.1, 0.15) is 39.5 Å². The maximum Gasteiger partial charge on any atom is 0.326 e. The fourth-order valence-corrected chi connectivity index (χ4v) is 2.55. The van der Waals surface area contributed by atoms with Crippen LogP contribution < -0.4 is 5.73 Å². The Balaban J connectivity index is 2.48. The molecule has 4 heteroatoms. The summed E-state index contributed by atoms with van der Waals surface area (Å²) in [5.41, 5.74) is 5.12. The first kappa shape index (κ1) is 14.5. The highest BCUT2D eigenvalue weighted by Gasteiger charge is 2.32. The Morgan fingerprint density at radius 3 is 2.76 bits per heavy atom. The Morgan fingerprint density at radius 2 is 2.18 bits per heavy atom. The number of carbonyl (C=O) groups excluding carboxylic acids is 1. The molecule has 17 heavy (non-hydrogen) atoms. The summed E-state index contributed by atoms with van der Waals surface area (Å²) in [5, 5.41) is 0. The molecule has 0 amide bonds. The molecule has 0 aromatic carbocycles. The molecule has 0 aromatic rings. The number of hydrogen-bond acceptors (Lipinski definition) is 4. The highest BCUT2D eigenvalue weighted by atomic mass is 16.5. The zero-order valence-corrected chi connectivity index (χ0v) is 11.4. The summed E-state index contributed by atoms with van der Waals surface area (Å²) in [5.74, 6) is 0.510. The smallest absolute Gasteiger partial charge is 0.326 e. The Labute approximate surface area is 104 Å². The Hall–Kier alpha value is -0.610.